The Morgan fingerprint density at radius 3 is 2.56 bits per heavy atom. The first-order valence-electron chi connectivity index (χ1n) is 6.55. The first kappa shape index (κ1) is 13.7. The van der Waals surface area contributed by atoms with Crippen LogP contribution in [0.4, 0.5) is 5.13 Å². The van der Waals surface area contributed by atoms with Crippen molar-refractivity contribution in [3.8, 4) is 0 Å². The van der Waals surface area contributed by atoms with Gasteiger partial charge in [-0.05, 0) is 18.3 Å². The minimum absolute atomic E-state index is 0.0268. The van der Waals surface area contributed by atoms with E-state index in [0.717, 1.165) is 43.6 Å². The van der Waals surface area contributed by atoms with E-state index in [9.17, 15) is 0 Å². The normalized spacial score (nSPS) is 19.8. The molecule has 1 saturated heterocycles. The van der Waals surface area contributed by atoms with Crippen molar-refractivity contribution in [3.63, 3.8) is 0 Å². The molecule has 0 spiro atoms. The van der Waals surface area contributed by atoms with Crippen LogP contribution in [0.3, 0.4) is 0 Å². The molecular weight excluding hydrogens is 246 g/mol. The van der Waals surface area contributed by atoms with Crippen LogP contribution in [-0.2, 0) is 10.2 Å². The Morgan fingerprint density at radius 1 is 1.33 bits per heavy atom. The second kappa shape index (κ2) is 5.13. The largest absolute Gasteiger partial charge is 0.381 e. The lowest BCUT2D eigenvalue weighted by atomic mass is 9.82. The summed E-state index contributed by atoms with van der Waals surface area (Å²) in [4.78, 5) is 4.56. The Balaban J connectivity index is 1.92. The summed E-state index contributed by atoms with van der Waals surface area (Å²) in [6, 6.07) is 0. The fourth-order valence-electron chi connectivity index (χ4n) is 1.93. The number of ether oxygens (including phenoxy) is 1. The van der Waals surface area contributed by atoms with E-state index in [1.807, 2.05) is 0 Å². The van der Waals surface area contributed by atoms with E-state index in [0.29, 0.717) is 5.41 Å². The number of aromatic nitrogens is 2. The summed E-state index contributed by atoms with van der Waals surface area (Å²) < 4.78 is 9.83. The molecule has 4 nitrogen and oxygen atoms in total. The Labute approximate surface area is 113 Å². The van der Waals surface area contributed by atoms with Crippen LogP contribution >= 0.6 is 11.5 Å². The molecule has 0 saturated carbocycles. The van der Waals surface area contributed by atoms with E-state index < -0.39 is 0 Å². The SMILES string of the molecule is CC1(CNc2nc(C(C)(C)C)ns2)CCOCC1. The Morgan fingerprint density at radius 2 is 2.00 bits per heavy atom. The first-order valence-corrected chi connectivity index (χ1v) is 7.32. The summed E-state index contributed by atoms with van der Waals surface area (Å²) in [5.74, 6) is 0.923. The van der Waals surface area contributed by atoms with Crippen molar-refractivity contribution in [2.45, 2.75) is 46.0 Å². The van der Waals surface area contributed by atoms with E-state index in [-0.39, 0.29) is 5.41 Å². The smallest absolute Gasteiger partial charge is 0.202 e. The van der Waals surface area contributed by atoms with Crippen molar-refractivity contribution >= 4 is 16.7 Å². The van der Waals surface area contributed by atoms with E-state index in [1.54, 1.807) is 0 Å². The Kier molecular flexibility index (Phi) is 3.92. The van der Waals surface area contributed by atoms with Gasteiger partial charge in [-0.3, -0.25) is 0 Å². The average Bonchev–Trinajstić information content (AvgIpc) is 2.76. The molecule has 1 aromatic heterocycles. The molecule has 1 N–H and O–H groups in total. The van der Waals surface area contributed by atoms with Crippen LogP contribution in [0, 0.1) is 5.41 Å². The monoisotopic (exact) mass is 269 g/mol. The van der Waals surface area contributed by atoms with Gasteiger partial charge in [0.05, 0.1) is 0 Å². The van der Waals surface area contributed by atoms with E-state index >= 15 is 0 Å². The third-order valence-electron chi connectivity index (χ3n) is 3.46. The van der Waals surface area contributed by atoms with Crippen LogP contribution in [0.1, 0.15) is 46.4 Å². The van der Waals surface area contributed by atoms with Crippen LogP contribution in [0.2, 0.25) is 0 Å². The highest BCUT2D eigenvalue weighted by Crippen LogP contribution is 2.30. The van der Waals surface area contributed by atoms with Crippen LogP contribution in [0.25, 0.3) is 0 Å². The third kappa shape index (κ3) is 3.42. The number of nitrogens with zero attached hydrogens (tertiary/aromatic N) is 2. The molecule has 0 unspecified atom stereocenters. The molecule has 18 heavy (non-hydrogen) atoms. The molecule has 0 radical (unpaired) electrons. The maximum Gasteiger partial charge on any atom is 0.202 e. The summed E-state index contributed by atoms with van der Waals surface area (Å²) >= 11 is 1.46. The van der Waals surface area contributed by atoms with Crippen LogP contribution < -0.4 is 5.32 Å². The molecular formula is C13H23N3OS. The van der Waals surface area contributed by atoms with Gasteiger partial charge in [0.15, 0.2) is 0 Å². The van der Waals surface area contributed by atoms with Gasteiger partial charge in [0.2, 0.25) is 5.13 Å². The molecule has 2 rings (SSSR count). The second-order valence-corrected chi connectivity index (χ2v) is 7.20. The standard InChI is InChI=1S/C13H23N3OS/c1-12(2,3)10-15-11(18-16-10)14-9-13(4)5-7-17-8-6-13/h5-9H2,1-4H3,(H,14,15,16). The maximum atomic E-state index is 5.41. The Hall–Kier alpha value is -0.680. The maximum absolute atomic E-state index is 5.41. The molecule has 1 aliphatic rings. The molecule has 5 heteroatoms. The highest BCUT2D eigenvalue weighted by Gasteiger charge is 2.27. The molecule has 0 amide bonds. The van der Waals surface area contributed by atoms with Crippen LogP contribution in [0.5, 0.6) is 0 Å². The van der Waals surface area contributed by atoms with Crippen molar-refractivity contribution in [1.82, 2.24) is 9.36 Å². The molecule has 0 aliphatic carbocycles. The fourth-order valence-corrected chi connectivity index (χ4v) is 2.68. The highest BCUT2D eigenvalue weighted by atomic mass is 32.1. The average molecular weight is 269 g/mol. The zero-order valence-corrected chi connectivity index (χ0v) is 12.6. The number of hydrogen-bond acceptors (Lipinski definition) is 5. The second-order valence-electron chi connectivity index (χ2n) is 6.45. The summed E-state index contributed by atoms with van der Waals surface area (Å²) in [7, 11) is 0. The highest BCUT2D eigenvalue weighted by molar-refractivity contribution is 7.09. The number of rotatable bonds is 3. The van der Waals surface area contributed by atoms with Crippen molar-refractivity contribution in [2.24, 2.45) is 5.41 Å². The molecule has 0 aromatic carbocycles. The van der Waals surface area contributed by atoms with Crippen molar-refractivity contribution in [2.75, 3.05) is 25.1 Å². The lowest BCUT2D eigenvalue weighted by molar-refractivity contribution is 0.0300. The molecule has 0 atom stereocenters. The molecule has 2 heterocycles. The van der Waals surface area contributed by atoms with Crippen LogP contribution in [0.15, 0.2) is 0 Å². The van der Waals surface area contributed by atoms with Gasteiger partial charge in [-0.15, -0.1) is 0 Å². The van der Waals surface area contributed by atoms with Gasteiger partial charge in [-0.25, -0.2) is 4.98 Å². The van der Waals surface area contributed by atoms with Crippen molar-refractivity contribution in [3.05, 3.63) is 5.82 Å². The minimum atomic E-state index is 0.0268. The van der Waals surface area contributed by atoms with Crippen molar-refractivity contribution < 1.29 is 4.74 Å². The number of nitrogens with one attached hydrogen (secondary N) is 1. The summed E-state index contributed by atoms with van der Waals surface area (Å²) in [5, 5.41) is 4.37. The van der Waals surface area contributed by atoms with Gasteiger partial charge < -0.3 is 10.1 Å². The summed E-state index contributed by atoms with van der Waals surface area (Å²) in [6.07, 6.45) is 2.23. The lowest BCUT2D eigenvalue weighted by Gasteiger charge is -2.33. The third-order valence-corrected chi connectivity index (χ3v) is 4.14. The lowest BCUT2D eigenvalue weighted by Crippen LogP contribution is -2.33. The van der Waals surface area contributed by atoms with E-state index in [2.05, 4.69) is 42.4 Å². The van der Waals surface area contributed by atoms with Gasteiger partial charge in [0.25, 0.3) is 0 Å². The van der Waals surface area contributed by atoms with Gasteiger partial charge in [-0.1, -0.05) is 27.7 Å². The van der Waals surface area contributed by atoms with Gasteiger partial charge in [0.1, 0.15) is 5.82 Å². The van der Waals surface area contributed by atoms with E-state index in [1.165, 1.54) is 11.5 Å². The van der Waals surface area contributed by atoms with Gasteiger partial charge >= 0.3 is 0 Å². The topological polar surface area (TPSA) is 47.0 Å². The predicted octanol–water partition coefficient (Wildman–Crippen LogP) is 3.06. The molecule has 0 bridgehead atoms. The van der Waals surface area contributed by atoms with Crippen LogP contribution in [-0.4, -0.2) is 29.1 Å². The summed E-state index contributed by atoms with van der Waals surface area (Å²) in [6.45, 7) is 11.4. The predicted molar refractivity (Wildman–Crippen MR) is 75.3 cm³/mol. The zero-order valence-electron chi connectivity index (χ0n) is 11.7. The molecule has 102 valence electrons. The van der Waals surface area contributed by atoms with Gasteiger partial charge in [0, 0.05) is 36.7 Å². The molecule has 1 aliphatic heterocycles. The minimum Gasteiger partial charge on any atom is -0.381 e. The first-order chi connectivity index (χ1) is 8.39. The van der Waals surface area contributed by atoms with E-state index in [4.69, 9.17) is 4.74 Å². The molecule has 1 fully saturated rings. The zero-order chi connectivity index (χ0) is 13.2. The Bertz CT molecular complexity index is 391. The van der Waals surface area contributed by atoms with Crippen molar-refractivity contribution in [1.29, 1.82) is 0 Å². The summed E-state index contributed by atoms with van der Waals surface area (Å²) in [5.41, 5.74) is 0.352. The quantitative estimate of drug-likeness (QED) is 0.916. The number of hydrogen-bond donors (Lipinski definition) is 1. The van der Waals surface area contributed by atoms with Gasteiger partial charge in [-0.2, -0.15) is 4.37 Å². The molecule has 1 aromatic rings. The number of anilines is 1. The fraction of sp³-hybridized carbons (Fsp3) is 0.846.